The number of ether oxygens (including phenoxy) is 1. The van der Waals surface area contributed by atoms with Crippen molar-refractivity contribution < 1.29 is 13.9 Å². The van der Waals surface area contributed by atoms with E-state index in [-0.39, 0.29) is 11.9 Å². The highest BCUT2D eigenvalue weighted by atomic mass is 16.5. The van der Waals surface area contributed by atoms with Gasteiger partial charge in [-0.2, -0.15) is 0 Å². The number of para-hydroxylation sites is 1. The summed E-state index contributed by atoms with van der Waals surface area (Å²) in [5, 5.41) is 0. The fraction of sp³-hybridized carbons (Fsp3) is 0.312. The number of furan rings is 1. The zero-order chi connectivity index (χ0) is 13.4. The van der Waals surface area contributed by atoms with Crippen LogP contribution >= 0.6 is 0 Å². The van der Waals surface area contributed by atoms with Crippen LogP contribution in [-0.2, 0) is 6.42 Å². The van der Waals surface area contributed by atoms with Crippen LogP contribution in [0.25, 0.3) is 0 Å². The molecule has 1 atom stereocenters. The normalized spacial score (nSPS) is 17.7. The van der Waals surface area contributed by atoms with Gasteiger partial charge in [0.25, 0.3) is 0 Å². The van der Waals surface area contributed by atoms with Crippen LogP contribution in [0, 0.1) is 6.92 Å². The minimum Gasteiger partial charge on any atom is -0.482 e. The minimum absolute atomic E-state index is 0.0312. The highest BCUT2D eigenvalue weighted by Gasteiger charge is 2.25. The highest BCUT2D eigenvalue weighted by molar-refractivity contribution is 5.95. The maximum absolute atomic E-state index is 11.5. The molecule has 1 aliphatic rings. The van der Waals surface area contributed by atoms with Gasteiger partial charge in [-0.3, -0.25) is 4.79 Å². The van der Waals surface area contributed by atoms with Crippen LogP contribution in [0.15, 0.2) is 34.7 Å². The van der Waals surface area contributed by atoms with Crippen molar-refractivity contribution in [3.05, 3.63) is 53.0 Å². The van der Waals surface area contributed by atoms with E-state index >= 15 is 0 Å². The van der Waals surface area contributed by atoms with Crippen LogP contribution in [0.4, 0.5) is 0 Å². The number of hydrogen-bond donors (Lipinski definition) is 0. The molecule has 0 N–H and O–H groups in total. The topological polar surface area (TPSA) is 39.4 Å². The van der Waals surface area contributed by atoms with Gasteiger partial charge < -0.3 is 9.15 Å². The van der Waals surface area contributed by atoms with E-state index in [1.807, 2.05) is 31.2 Å². The molecule has 98 valence electrons. The summed E-state index contributed by atoms with van der Waals surface area (Å²) in [5.41, 5.74) is 1.88. The van der Waals surface area contributed by atoms with Gasteiger partial charge in [0.15, 0.2) is 11.9 Å². The smallest absolute Gasteiger partial charge is 0.163 e. The average Bonchev–Trinajstić information content (AvgIpc) is 2.80. The van der Waals surface area contributed by atoms with E-state index < -0.39 is 0 Å². The highest BCUT2D eigenvalue weighted by Crippen LogP contribution is 2.35. The lowest BCUT2D eigenvalue weighted by Crippen LogP contribution is -2.14. The Labute approximate surface area is 112 Å². The summed E-state index contributed by atoms with van der Waals surface area (Å²) in [6.07, 6.45) is 1.75. The lowest BCUT2D eigenvalue weighted by atomic mass is 10.0. The molecule has 19 heavy (non-hydrogen) atoms. The molecule has 3 rings (SSSR count). The summed E-state index contributed by atoms with van der Waals surface area (Å²) in [7, 11) is 0. The molecule has 1 aromatic carbocycles. The number of rotatable bonds is 2. The average molecular weight is 256 g/mol. The molecule has 0 fully saturated rings. The Hall–Kier alpha value is -2.03. The van der Waals surface area contributed by atoms with Crippen LogP contribution in [0.5, 0.6) is 5.75 Å². The Morgan fingerprint density at radius 1 is 1.32 bits per heavy atom. The van der Waals surface area contributed by atoms with Crippen molar-refractivity contribution in [1.29, 1.82) is 0 Å². The first kappa shape index (κ1) is 12.0. The summed E-state index contributed by atoms with van der Waals surface area (Å²) >= 11 is 0. The third kappa shape index (κ3) is 2.16. The second-order valence-corrected chi connectivity index (χ2v) is 4.93. The second kappa shape index (κ2) is 4.57. The number of hydrogen-bond acceptors (Lipinski definition) is 3. The molecule has 3 heteroatoms. The first-order chi connectivity index (χ1) is 9.15. The fourth-order valence-corrected chi connectivity index (χ4v) is 2.54. The minimum atomic E-state index is -0.0956. The first-order valence-corrected chi connectivity index (χ1v) is 6.51. The maximum atomic E-state index is 11.5. The molecular formula is C16H16O3. The third-order valence-electron chi connectivity index (χ3n) is 3.55. The molecular weight excluding hydrogens is 240 g/mol. The predicted molar refractivity (Wildman–Crippen MR) is 71.6 cm³/mol. The molecule has 0 saturated carbocycles. The van der Waals surface area contributed by atoms with Gasteiger partial charge in [0.2, 0.25) is 0 Å². The van der Waals surface area contributed by atoms with Crippen LogP contribution in [-0.4, -0.2) is 5.78 Å². The summed E-state index contributed by atoms with van der Waals surface area (Å²) in [5.74, 6) is 2.36. The summed E-state index contributed by atoms with van der Waals surface area (Å²) < 4.78 is 11.6. The van der Waals surface area contributed by atoms with Crippen LogP contribution in [0.2, 0.25) is 0 Å². The van der Waals surface area contributed by atoms with Crippen molar-refractivity contribution in [2.75, 3.05) is 0 Å². The van der Waals surface area contributed by atoms with E-state index in [9.17, 15) is 4.79 Å². The van der Waals surface area contributed by atoms with Crippen LogP contribution < -0.4 is 4.74 Å². The Balaban J connectivity index is 1.89. The van der Waals surface area contributed by atoms with Gasteiger partial charge in [-0.15, -0.1) is 0 Å². The second-order valence-electron chi connectivity index (χ2n) is 4.93. The van der Waals surface area contributed by atoms with Crippen molar-refractivity contribution in [3.63, 3.8) is 0 Å². The molecule has 0 aliphatic carbocycles. The fourth-order valence-electron chi connectivity index (χ4n) is 2.54. The van der Waals surface area contributed by atoms with Gasteiger partial charge in [0.1, 0.15) is 17.3 Å². The largest absolute Gasteiger partial charge is 0.482 e. The van der Waals surface area contributed by atoms with E-state index in [1.54, 1.807) is 6.92 Å². The zero-order valence-electron chi connectivity index (χ0n) is 11.1. The van der Waals surface area contributed by atoms with Crippen LogP contribution in [0.3, 0.4) is 0 Å². The van der Waals surface area contributed by atoms with E-state index in [2.05, 4.69) is 6.07 Å². The SMILES string of the molecule is CC(=O)c1cc(C2CCc3ccccc3O2)oc1C. The molecule has 0 amide bonds. The molecule has 0 bridgehead atoms. The number of ketones is 1. The van der Waals surface area contributed by atoms with Crippen molar-refractivity contribution in [2.24, 2.45) is 0 Å². The lowest BCUT2D eigenvalue weighted by Gasteiger charge is -2.24. The van der Waals surface area contributed by atoms with E-state index in [0.717, 1.165) is 24.4 Å². The molecule has 0 saturated heterocycles. The van der Waals surface area contributed by atoms with Crippen molar-refractivity contribution in [2.45, 2.75) is 32.8 Å². The van der Waals surface area contributed by atoms with Crippen molar-refractivity contribution in [1.82, 2.24) is 0 Å². The van der Waals surface area contributed by atoms with Crippen LogP contribution in [0.1, 0.15) is 46.9 Å². The van der Waals surface area contributed by atoms with Gasteiger partial charge in [-0.1, -0.05) is 18.2 Å². The first-order valence-electron chi connectivity index (χ1n) is 6.51. The Kier molecular flexibility index (Phi) is 2.90. The van der Waals surface area contributed by atoms with Gasteiger partial charge >= 0.3 is 0 Å². The number of carbonyl (C=O) groups is 1. The summed E-state index contributed by atoms with van der Waals surface area (Å²) in [6.45, 7) is 3.37. The molecule has 1 aliphatic heterocycles. The predicted octanol–water partition coefficient (Wildman–Crippen LogP) is 3.86. The number of Topliss-reactive ketones (excluding diaryl/α,β-unsaturated/α-hetero) is 1. The molecule has 3 nitrogen and oxygen atoms in total. The third-order valence-corrected chi connectivity index (χ3v) is 3.55. The van der Waals surface area contributed by atoms with Gasteiger partial charge in [-0.05, 0) is 44.4 Å². The monoisotopic (exact) mass is 256 g/mol. The van der Waals surface area contributed by atoms with E-state index in [1.165, 1.54) is 5.56 Å². The molecule has 0 spiro atoms. The Morgan fingerprint density at radius 3 is 2.84 bits per heavy atom. The quantitative estimate of drug-likeness (QED) is 0.766. The molecule has 2 heterocycles. The van der Waals surface area contributed by atoms with Gasteiger partial charge in [0, 0.05) is 0 Å². The number of aryl methyl sites for hydroxylation is 2. The van der Waals surface area contributed by atoms with E-state index in [4.69, 9.17) is 9.15 Å². The molecule has 1 aromatic heterocycles. The Bertz CT molecular complexity index is 625. The summed E-state index contributed by atoms with van der Waals surface area (Å²) in [6, 6.07) is 9.86. The molecule has 2 aromatic rings. The molecule has 1 unspecified atom stereocenters. The number of carbonyl (C=O) groups excluding carboxylic acids is 1. The maximum Gasteiger partial charge on any atom is 0.163 e. The standard InChI is InChI=1S/C16H16O3/c1-10(17)13-9-16(18-11(13)2)15-8-7-12-5-3-4-6-14(12)19-15/h3-6,9,15H,7-8H2,1-2H3. The number of benzene rings is 1. The van der Waals surface area contributed by atoms with E-state index in [0.29, 0.717) is 11.3 Å². The van der Waals surface area contributed by atoms with Crippen molar-refractivity contribution >= 4 is 5.78 Å². The summed E-state index contributed by atoms with van der Waals surface area (Å²) in [4.78, 5) is 11.5. The lowest BCUT2D eigenvalue weighted by molar-refractivity contribution is 0.101. The Morgan fingerprint density at radius 2 is 2.11 bits per heavy atom. The van der Waals surface area contributed by atoms with Crippen molar-refractivity contribution in [3.8, 4) is 5.75 Å². The van der Waals surface area contributed by atoms with Gasteiger partial charge in [-0.25, -0.2) is 0 Å². The number of fused-ring (bicyclic) bond motifs is 1. The zero-order valence-corrected chi connectivity index (χ0v) is 11.1. The molecule has 0 radical (unpaired) electrons. The van der Waals surface area contributed by atoms with Gasteiger partial charge in [0.05, 0.1) is 5.56 Å².